The summed E-state index contributed by atoms with van der Waals surface area (Å²) in [6, 6.07) is 2.40. The van der Waals surface area contributed by atoms with E-state index in [9.17, 15) is 4.79 Å². The highest BCUT2D eigenvalue weighted by atomic mass is 32.1. The molecule has 0 unspecified atom stereocenters. The molecule has 3 heterocycles. The van der Waals surface area contributed by atoms with Crippen molar-refractivity contribution in [2.75, 3.05) is 39.3 Å². The first-order valence-electron chi connectivity index (χ1n) is 8.97. The normalized spacial score (nSPS) is 21.3. The Morgan fingerprint density at radius 2 is 1.70 bits per heavy atom. The summed E-state index contributed by atoms with van der Waals surface area (Å²) in [5.41, 5.74) is 1.48. The first kappa shape index (κ1) is 16.9. The van der Waals surface area contributed by atoms with Crippen LogP contribution < -0.4 is 0 Å². The van der Waals surface area contributed by atoms with Gasteiger partial charge < -0.3 is 4.90 Å². The molecule has 0 N–H and O–H groups in total. The molecule has 23 heavy (non-hydrogen) atoms. The molecule has 0 radical (unpaired) electrons. The lowest BCUT2D eigenvalue weighted by Gasteiger charge is -2.25. The molecule has 1 amide bonds. The highest BCUT2D eigenvalue weighted by molar-refractivity contribution is 7.10. The number of nitrogens with zero attached hydrogens (tertiary/aromatic N) is 3. The van der Waals surface area contributed by atoms with Gasteiger partial charge in [0, 0.05) is 51.1 Å². The van der Waals surface area contributed by atoms with Crippen LogP contribution in [0.2, 0.25) is 0 Å². The fourth-order valence-electron chi connectivity index (χ4n) is 3.63. The molecule has 0 aliphatic carbocycles. The fraction of sp³-hybridized carbons (Fsp3) is 0.722. The summed E-state index contributed by atoms with van der Waals surface area (Å²) in [5.74, 6) is 0.215. The van der Waals surface area contributed by atoms with Crippen molar-refractivity contribution in [3.8, 4) is 0 Å². The van der Waals surface area contributed by atoms with E-state index in [1.165, 1.54) is 42.8 Å². The van der Waals surface area contributed by atoms with Crippen LogP contribution in [-0.2, 0) is 17.9 Å². The van der Waals surface area contributed by atoms with Gasteiger partial charge in [0.2, 0.25) is 5.91 Å². The van der Waals surface area contributed by atoms with E-state index in [1.54, 1.807) is 6.92 Å². The quantitative estimate of drug-likeness (QED) is 0.846. The Kier molecular flexibility index (Phi) is 6.08. The van der Waals surface area contributed by atoms with Gasteiger partial charge in [-0.3, -0.25) is 14.6 Å². The number of carbonyl (C=O) groups excluding carboxylic acids is 1. The Morgan fingerprint density at radius 1 is 0.957 bits per heavy atom. The maximum absolute atomic E-state index is 11.5. The van der Waals surface area contributed by atoms with E-state index in [-0.39, 0.29) is 5.91 Å². The van der Waals surface area contributed by atoms with Crippen molar-refractivity contribution in [1.82, 2.24) is 14.7 Å². The van der Waals surface area contributed by atoms with Crippen LogP contribution in [0.3, 0.4) is 0 Å². The Hall–Kier alpha value is -0.910. The lowest BCUT2D eigenvalue weighted by molar-refractivity contribution is -0.128. The summed E-state index contributed by atoms with van der Waals surface area (Å²) in [4.78, 5) is 20.1. The largest absolute Gasteiger partial charge is 0.342 e. The SMILES string of the molecule is CC(=O)N1CCCN(Cc2cc(CN3CCCCC3)cs2)CC1. The van der Waals surface area contributed by atoms with Crippen LogP contribution in [0.5, 0.6) is 0 Å². The van der Waals surface area contributed by atoms with E-state index < -0.39 is 0 Å². The smallest absolute Gasteiger partial charge is 0.219 e. The van der Waals surface area contributed by atoms with E-state index in [0.29, 0.717) is 0 Å². The predicted molar refractivity (Wildman–Crippen MR) is 95.6 cm³/mol. The molecule has 3 rings (SSSR count). The molecule has 2 fully saturated rings. The van der Waals surface area contributed by atoms with E-state index in [4.69, 9.17) is 0 Å². The summed E-state index contributed by atoms with van der Waals surface area (Å²) in [6.45, 7) is 10.3. The average molecular weight is 336 g/mol. The van der Waals surface area contributed by atoms with E-state index in [0.717, 1.165) is 45.7 Å². The predicted octanol–water partition coefficient (Wildman–Crippen LogP) is 2.79. The van der Waals surface area contributed by atoms with Crippen molar-refractivity contribution in [1.29, 1.82) is 0 Å². The lowest BCUT2D eigenvalue weighted by Crippen LogP contribution is -2.33. The van der Waals surface area contributed by atoms with Crippen molar-refractivity contribution in [2.24, 2.45) is 0 Å². The number of piperidine rings is 1. The molecule has 0 aromatic carbocycles. The second-order valence-corrected chi connectivity index (χ2v) is 7.89. The van der Waals surface area contributed by atoms with E-state index >= 15 is 0 Å². The van der Waals surface area contributed by atoms with Crippen LogP contribution in [0.1, 0.15) is 43.0 Å². The lowest BCUT2D eigenvalue weighted by atomic mass is 10.1. The summed E-state index contributed by atoms with van der Waals surface area (Å²) >= 11 is 1.90. The van der Waals surface area contributed by atoms with Crippen molar-refractivity contribution < 1.29 is 4.79 Å². The third-order valence-corrected chi connectivity index (χ3v) is 5.95. The van der Waals surface area contributed by atoms with Crippen LogP contribution in [0.4, 0.5) is 0 Å². The Bertz CT molecular complexity index is 510. The minimum Gasteiger partial charge on any atom is -0.342 e. The number of carbonyl (C=O) groups is 1. The van der Waals surface area contributed by atoms with Gasteiger partial charge in [-0.15, -0.1) is 11.3 Å². The molecule has 0 atom stereocenters. The van der Waals surface area contributed by atoms with Crippen molar-refractivity contribution >= 4 is 17.2 Å². The van der Waals surface area contributed by atoms with E-state index in [2.05, 4.69) is 21.2 Å². The summed E-state index contributed by atoms with van der Waals surface area (Å²) in [5, 5.41) is 2.34. The van der Waals surface area contributed by atoms with E-state index in [1.807, 2.05) is 16.2 Å². The molecule has 1 aromatic heterocycles. The van der Waals surface area contributed by atoms with Gasteiger partial charge >= 0.3 is 0 Å². The average Bonchev–Trinajstić information content (AvgIpc) is 2.83. The first-order chi connectivity index (χ1) is 11.2. The number of hydrogen-bond acceptors (Lipinski definition) is 4. The zero-order chi connectivity index (χ0) is 16.1. The maximum atomic E-state index is 11.5. The maximum Gasteiger partial charge on any atom is 0.219 e. The number of thiophene rings is 1. The van der Waals surface area contributed by atoms with Crippen LogP contribution in [0.25, 0.3) is 0 Å². The van der Waals surface area contributed by atoms with Gasteiger partial charge in [-0.05, 0) is 49.4 Å². The van der Waals surface area contributed by atoms with Crippen LogP contribution in [0.15, 0.2) is 11.4 Å². The minimum absolute atomic E-state index is 0.215. The van der Waals surface area contributed by atoms with Crippen LogP contribution in [0, 0.1) is 0 Å². The second-order valence-electron chi connectivity index (χ2n) is 6.89. The van der Waals surface area contributed by atoms with Crippen molar-refractivity contribution in [3.63, 3.8) is 0 Å². The molecule has 4 nitrogen and oxygen atoms in total. The molecule has 0 spiro atoms. The van der Waals surface area contributed by atoms with Gasteiger partial charge in [-0.25, -0.2) is 0 Å². The van der Waals surface area contributed by atoms with Gasteiger partial charge in [0.1, 0.15) is 0 Å². The number of rotatable bonds is 4. The molecule has 2 aliphatic heterocycles. The summed E-state index contributed by atoms with van der Waals surface area (Å²) in [6.07, 6.45) is 5.21. The molecule has 128 valence electrons. The molecule has 0 bridgehead atoms. The van der Waals surface area contributed by atoms with Gasteiger partial charge in [-0.1, -0.05) is 6.42 Å². The Balaban J connectivity index is 1.49. The summed E-state index contributed by atoms with van der Waals surface area (Å²) in [7, 11) is 0. The molecule has 2 saturated heterocycles. The third kappa shape index (κ3) is 5.03. The molecule has 0 saturated carbocycles. The molecule has 5 heteroatoms. The van der Waals surface area contributed by atoms with Gasteiger partial charge in [0.15, 0.2) is 0 Å². The Morgan fingerprint density at radius 3 is 2.48 bits per heavy atom. The van der Waals surface area contributed by atoms with Crippen molar-refractivity contribution in [3.05, 3.63) is 21.9 Å². The molecular weight excluding hydrogens is 306 g/mol. The third-order valence-electron chi connectivity index (χ3n) is 4.98. The van der Waals surface area contributed by atoms with Gasteiger partial charge in [0.25, 0.3) is 0 Å². The number of amides is 1. The highest BCUT2D eigenvalue weighted by Gasteiger charge is 2.17. The molecular formula is C18H29N3OS. The monoisotopic (exact) mass is 335 g/mol. The standard InChI is InChI=1S/C18H29N3OS/c1-16(22)21-9-5-8-20(10-11-21)14-18-12-17(15-23-18)13-19-6-3-2-4-7-19/h12,15H,2-11,13-14H2,1H3. The highest BCUT2D eigenvalue weighted by Crippen LogP contribution is 2.20. The summed E-state index contributed by atoms with van der Waals surface area (Å²) < 4.78 is 0. The molecule has 2 aliphatic rings. The molecule has 1 aromatic rings. The minimum atomic E-state index is 0.215. The van der Waals surface area contributed by atoms with Crippen molar-refractivity contribution in [2.45, 2.75) is 45.7 Å². The van der Waals surface area contributed by atoms with Crippen LogP contribution in [-0.4, -0.2) is 59.9 Å². The van der Waals surface area contributed by atoms with Gasteiger partial charge in [0.05, 0.1) is 0 Å². The number of likely N-dealkylation sites (tertiary alicyclic amines) is 1. The number of hydrogen-bond donors (Lipinski definition) is 0. The zero-order valence-electron chi connectivity index (χ0n) is 14.3. The topological polar surface area (TPSA) is 26.8 Å². The van der Waals surface area contributed by atoms with Crippen LogP contribution >= 0.6 is 11.3 Å². The van der Waals surface area contributed by atoms with Gasteiger partial charge in [-0.2, -0.15) is 0 Å². The first-order valence-corrected chi connectivity index (χ1v) is 9.85. The zero-order valence-corrected chi connectivity index (χ0v) is 15.1. The second kappa shape index (κ2) is 8.27. The Labute approximate surface area is 144 Å². The fourth-order valence-corrected chi connectivity index (χ4v) is 4.55.